The molecule has 2 rings (SSSR count). The zero-order valence-electron chi connectivity index (χ0n) is 6.65. The van der Waals surface area contributed by atoms with Crippen LogP contribution in [0.4, 0.5) is 0 Å². The van der Waals surface area contributed by atoms with Crippen LogP contribution in [-0.2, 0) is 0 Å². The molecule has 0 saturated carbocycles. The molecule has 4 heteroatoms. The van der Waals surface area contributed by atoms with E-state index in [1.807, 2.05) is 0 Å². The van der Waals surface area contributed by atoms with Crippen molar-refractivity contribution in [1.29, 1.82) is 0 Å². The second-order valence-corrected chi connectivity index (χ2v) is 2.63. The van der Waals surface area contributed by atoms with Crippen molar-refractivity contribution in [2.45, 2.75) is 0 Å². The molecular formula is C9H6N2O2. The minimum Gasteiger partial charge on any atom is -0.298 e. The standard InChI is InChI=1S/C9H6N2O2/c12-5-7-3-1-2-6-4-10-11-9(13)8(6)7/h1-5H,(H,11,13). The van der Waals surface area contributed by atoms with Crippen LogP contribution in [0.1, 0.15) is 10.4 Å². The lowest BCUT2D eigenvalue weighted by Gasteiger charge is -1.96. The van der Waals surface area contributed by atoms with Crippen molar-refractivity contribution in [3.8, 4) is 0 Å². The maximum atomic E-state index is 11.3. The van der Waals surface area contributed by atoms with Crippen LogP contribution >= 0.6 is 0 Å². The highest BCUT2D eigenvalue weighted by Crippen LogP contribution is 2.10. The second kappa shape index (κ2) is 2.82. The molecule has 0 amide bonds. The Morgan fingerprint density at radius 3 is 3.00 bits per heavy atom. The van der Waals surface area contributed by atoms with E-state index in [1.54, 1.807) is 18.2 Å². The van der Waals surface area contributed by atoms with Gasteiger partial charge in [-0.25, -0.2) is 5.10 Å². The summed E-state index contributed by atoms with van der Waals surface area (Å²) in [6.45, 7) is 0. The number of benzene rings is 1. The van der Waals surface area contributed by atoms with E-state index >= 15 is 0 Å². The van der Waals surface area contributed by atoms with Gasteiger partial charge in [-0.3, -0.25) is 9.59 Å². The van der Waals surface area contributed by atoms with Crippen LogP contribution in [0.15, 0.2) is 29.2 Å². The summed E-state index contributed by atoms with van der Waals surface area (Å²) in [6, 6.07) is 5.06. The first-order chi connectivity index (χ1) is 6.33. The van der Waals surface area contributed by atoms with Crippen molar-refractivity contribution in [3.63, 3.8) is 0 Å². The molecule has 1 N–H and O–H groups in total. The van der Waals surface area contributed by atoms with E-state index in [1.165, 1.54) is 6.20 Å². The van der Waals surface area contributed by atoms with Gasteiger partial charge >= 0.3 is 0 Å². The zero-order valence-corrected chi connectivity index (χ0v) is 6.65. The maximum Gasteiger partial charge on any atom is 0.272 e. The summed E-state index contributed by atoms with van der Waals surface area (Å²) >= 11 is 0. The lowest BCUT2D eigenvalue weighted by molar-refractivity contribution is 0.112. The van der Waals surface area contributed by atoms with Gasteiger partial charge < -0.3 is 0 Å². The fraction of sp³-hybridized carbons (Fsp3) is 0. The van der Waals surface area contributed by atoms with E-state index in [0.717, 1.165) is 0 Å². The van der Waals surface area contributed by atoms with E-state index in [9.17, 15) is 9.59 Å². The molecule has 0 aliphatic heterocycles. The molecule has 2 aromatic rings. The van der Waals surface area contributed by atoms with E-state index in [2.05, 4.69) is 10.2 Å². The van der Waals surface area contributed by atoms with Crippen molar-refractivity contribution < 1.29 is 4.79 Å². The van der Waals surface area contributed by atoms with Gasteiger partial charge in [-0.15, -0.1) is 0 Å². The number of H-pyrrole nitrogens is 1. The molecule has 64 valence electrons. The topological polar surface area (TPSA) is 62.8 Å². The molecule has 4 nitrogen and oxygen atoms in total. The Labute approximate surface area is 73.2 Å². The maximum absolute atomic E-state index is 11.3. The molecule has 0 fully saturated rings. The molecule has 0 spiro atoms. The molecule has 0 aliphatic carbocycles. The molecule has 0 aliphatic rings. The van der Waals surface area contributed by atoms with Crippen molar-refractivity contribution in [1.82, 2.24) is 10.2 Å². The second-order valence-electron chi connectivity index (χ2n) is 2.63. The highest BCUT2D eigenvalue weighted by Gasteiger charge is 2.02. The number of hydrogen-bond acceptors (Lipinski definition) is 3. The average Bonchev–Trinajstić information content (AvgIpc) is 2.17. The van der Waals surface area contributed by atoms with Crippen LogP contribution in [0, 0.1) is 0 Å². The van der Waals surface area contributed by atoms with Crippen LogP contribution in [0.5, 0.6) is 0 Å². The first kappa shape index (κ1) is 7.67. The van der Waals surface area contributed by atoms with Gasteiger partial charge in [-0.2, -0.15) is 5.10 Å². The van der Waals surface area contributed by atoms with Crippen molar-refractivity contribution in [2.24, 2.45) is 0 Å². The average molecular weight is 174 g/mol. The Balaban J connectivity index is 3.03. The van der Waals surface area contributed by atoms with E-state index in [4.69, 9.17) is 0 Å². The van der Waals surface area contributed by atoms with Gasteiger partial charge in [0.25, 0.3) is 5.56 Å². The summed E-state index contributed by atoms with van der Waals surface area (Å²) in [4.78, 5) is 21.9. The smallest absolute Gasteiger partial charge is 0.272 e. The molecule has 1 heterocycles. The van der Waals surface area contributed by atoms with E-state index in [-0.39, 0.29) is 5.56 Å². The number of aromatic nitrogens is 2. The molecule has 1 aromatic heterocycles. The molecular weight excluding hydrogens is 168 g/mol. The third-order valence-electron chi connectivity index (χ3n) is 1.85. The first-order valence-electron chi connectivity index (χ1n) is 3.74. The Morgan fingerprint density at radius 1 is 1.38 bits per heavy atom. The minimum absolute atomic E-state index is 0.333. The molecule has 1 aromatic carbocycles. The van der Waals surface area contributed by atoms with Gasteiger partial charge in [0.2, 0.25) is 0 Å². The summed E-state index contributed by atoms with van der Waals surface area (Å²) in [7, 11) is 0. The molecule has 0 bridgehead atoms. The van der Waals surface area contributed by atoms with Crippen molar-refractivity contribution >= 4 is 17.1 Å². The summed E-state index contributed by atoms with van der Waals surface area (Å²) in [5.74, 6) is 0. The number of rotatable bonds is 1. The predicted molar refractivity (Wildman–Crippen MR) is 47.8 cm³/mol. The van der Waals surface area contributed by atoms with E-state index in [0.29, 0.717) is 22.6 Å². The summed E-state index contributed by atoms with van der Waals surface area (Å²) in [6.07, 6.45) is 2.18. The number of hydrogen-bond donors (Lipinski definition) is 1. The first-order valence-corrected chi connectivity index (χ1v) is 3.74. The Kier molecular flexibility index (Phi) is 1.66. The van der Waals surface area contributed by atoms with Gasteiger partial charge in [0.05, 0.1) is 11.6 Å². The fourth-order valence-corrected chi connectivity index (χ4v) is 1.27. The molecule has 0 radical (unpaired) electrons. The lowest BCUT2D eigenvalue weighted by Crippen LogP contribution is -2.09. The number of aldehydes is 1. The van der Waals surface area contributed by atoms with E-state index < -0.39 is 0 Å². The van der Waals surface area contributed by atoms with Crippen LogP contribution in [0.3, 0.4) is 0 Å². The van der Waals surface area contributed by atoms with Crippen LogP contribution < -0.4 is 5.56 Å². The highest BCUT2D eigenvalue weighted by atomic mass is 16.1. The van der Waals surface area contributed by atoms with Gasteiger partial charge in [-0.05, 0) is 0 Å². The number of fused-ring (bicyclic) bond motifs is 1. The summed E-state index contributed by atoms with van der Waals surface area (Å²) in [5, 5.41) is 6.99. The third kappa shape index (κ3) is 1.12. The normalized spacial score (nSPS) is 10.2. The number of nitrogens with one attached hydrogen (secondary N) is 1. The lowest BCUT2D eigenvalue weighted by atomic mass is 10.1. The number of nitrogens with zero attached hydrogens (tertiary/aromatic N) is 1. The molecule has 13 heavy (non-hydrogen) atoms. The molecule has 0 saturated heterocycles. The number of carbonyl (C=O) groups excluding carboxylic acids is 1. The van der Waals surface area contributed by atoms with Gasteiger partial charge in [0, 0.05) is 10.9 Å². The van der Waals surface area contributed by atoms with Crippen LogP contribution in [0.25, 0.3) is 10.8 Å². The quantitative estimate of drug-likeness (QED) is 0.648. The Hall–Kier alpha value is -1.97. The minimum atomic E-state index is -0.333. The van der Waals surface area contributed by atoms with Crippen molar-refractivity contribution in [2.75, 3.05) is 0 Å². The van der Waals surface area contributed by atoms with Gasteiger partial charge in [0.15, 0.2) is 6.29 Å². The monoisotopic (exact) mass is 174 g/mol. The van der Waals surface area contributed by atoms with Crippen LogP contribution in [0.2, 0.25) is 0 Å². The Bertz CT molecular complexity index is 511. The van der Waals surface area contributed by atoms with Gasteiger partial charge in [0.1, 0.15) is 0 Å². The van der Waals surface area contributed by atoms with Gasteiger partial charge in [-0.1, -0.05) is 18.2 Å². The summed E-state index contributed by atoms with van der Waals surface area (Å²) < 4.78 is 0. The zero-order chi connectivity index (χ0) is 9.26. The van der Waals surface area contributed by atoms with Crippen LogP contribution in [-0.4, -0.2) is 16.5 Å². The predicted octanol–water partition coefficient (Wildman–Crippen LogP) is 0.736. The molecule has 0 atom stereocenters. The Morgan fingerprint density at radius 2 is 2.23 bits per heavy atom. The SMILES string of the molecule is O=Cc1cccc2cn[nH]c(=O)c12. The highest BCUT2D eigenvalue weighted by molar-refractivity contribution is 5.96. The third-order valence-corrected chi connectivity index (χ3v) is 1.85. The largest absolute Gasteiger partial charge is 0.298 e. The molecule has 0 unspecified atom stereocenters. The number of carbonyl (C=O) groups is 1. The fourth-order valence-electron chi connectivity index (χ4n) is 1.27. The van der Waals surface area contributed by atoms with Crippen molar-refractivity contribution in [3.05, 3.63) is 40.3 Å². The number of aromatic amines is 1. The summed E-state index contributed by atoms with van der Waals surface area (Å²) in [5.41, 5.74) is 0.0568.